The highest BCUT2D eigenvalue weighted by molar-refractivity contribution is 7.08. The predicted octanol–water partition coefficient (Wildman–Crippen LogP) is 7.71. The van der Waals surface area contributed by atoms with Crippen molar-refractivity contribution in [1.29, 1.82) is 0 Å². The standard InChI is InChI=1S/C32H35F2N5S/c1-7-23(18-39-14-12-32(33,34)20-39)17-24(8-2)21(4)16-26(27(9-3)35-6)22(5)31-37-28-10-13-36-29(30(28)38-31)25-11-15-40-19-25/h7-11,13,15-17,19,35H,1,4-5,12,14,18,20H2,2-3,6H3,(H,37,38)/b23-17+,24-8+,26-16-,27-9+. The third-order valence-corrected chi connectivity index (χ3v) is 7.60. The van der Waals surface area contributed by atoms with Crippen molar-refractivity contribution in [2.45, 2.75) is 26.2 Å². The number of likely N-dealkylation sites (N-methyl/N-ethyl adjacent to an activating group) is 1. The Hall–Kier alpha value is -3.88. The smallest absolute Gasteiger partial charge is 0.261 e. The van der Waals surface area contributed by atoms with Crippen molar-refractivity contribution in [2.24, 2.45) is 0 Å². The molecule has 8 heteroatoms. The second-order valence-electron chi connectivity index (χ2n) is 9.65. The molecule has 4 heterocycles. The van der Waals surface area contributed by atoms with Crippen LogP contribution in [0.4, 0.5) is 8.78 Å². The second kappa shape index (κ2) is 12.5. The molecule has 0 spiro atoms. The third-order valence-electron chi connectivity index (χ3n) is 6.91. The third kappa shape index (κ3) is 6.46. The number of hydrogen-bond donors (Lipinski definition) is 2. The van der Waals surface area contributed by atoms with E-state index in [1.54, 1.807) is 28.5 Å². The maximum atomic E-state index is 13.7. The number of nitrogens with one attached hydrogen (secondary N) is 2. The number of aromatic amines is 1. The van der Waals surface area contributed by atoms with Gasteiger partial charge >= 0.3 is 0 Å². The normalized spacial score (nSPS) is 16.9. The van der Waals surface area contributed by atoms with Gasteiger partial charge in [-0.05, 0) is 54.2 Å². The summed E-state index contributed by atoms with van der Waals surface area (Å²) in [5.41, 5.74) is 8.34. The number of aromatic nitrogens is 3. The number of imidazole rings is 1. The molecule has 1 fully saturated rings. The Morgan fingerprint density at radius 3 is 2.62 bits per heavy atom. The summed E-state index contributed by atoms with van der Waals surface area (Å²) in [5.74, 6) is -2.00. The topological polar surface area (TPSA) is 56.8 Å². The molecule has 1 aliphatic rings. The van der Waals surface area contributed by atoms with Crippen molar-refractivity contribution >= 4 is 27.9 Å². The molecule has 3 aromatic heterocycles. The first-order valence-electron chi connectivity index (χ1n) is 13.1. The van der Waals surface area contributed by atoms with Gasteiger partial charge in [0.05, 0.1) is 17.8 Å². The van der Waals surface area contributed by atoms with E-state index in [0.29, 0.717) is 24.5 Å². The van der Waals surface area contributed by atoms with Crippen LogP contribution in [0.1, 0.15) is 26.1 Å². The van der Waals surface area contributed by atoms with Gasteiger partial charge in [-0.25, -0.2) is 13.8 Å². The number of likely N-dealkylation sites (tertiary alicyclic amines) is 1. The Kier molecular flexibility index (Phi) is 9.12. The summed E-state index contributed by atoms with van der Waals surface area (Å²) in [5, 5.41) is 7.32. The molecule has 0 radical (unpaired) electrons. The van der Waals surface area contributed by atoms with Crippen LogP contribution in [0.15, 0.2) is 107 Å². The van der Waals surface area contributed by atoms with Crippen molar-refractivity contribution in [3.05, 3.63) is 113 Å². The van der Waals surface area contributed by atoms with Crippen LogP contribution in [-0.4, -0.2) is 52.5 Å². The Balaban J connectivity index is 1.66. The van der Waals surface area contributed by atoms with E-state index in [-0.39, 0.29) is 13.0 Å². The summed E-state index contributed by atoms with van der Waals surface area (Å²) in [7, 11) is 1.86. The van der Waals surface area contributed by atoms with E-state index >= 15 is 0 Å². The van der Waals surface area contributed by atoms with Gasteiger partial charge in [-0.1, -0.05) is 44.0 Å². The van der Waals surface area contributed by atoms with Crippen LogP contribution in [0, 0.1) is 0 Å². The zero-order valence-electron chi connectivity index (χ0n) is 23.2. The maximum absolute atomic E-state index is 13.7. The Bertz CT molecular complexity index is 1540. The first kappa shape index (κ1) is 29.1. The van der Waals surface area contributed by atoms with E-state index in [0.717, 1.165) is 50.3 Å². The highest BCUT2D eigenvalue weighted by atomic mass is 32.1. The fraction of sp³-hybridized carbons (Fsp3) is 0.250. The summed E-state index contributed by atoms with van der Waals surface area (Å²) in [6.45, 7) is 17.1. The summed E-state index contributed by atoms with van der Waals surface area (Å²) in [4.78, 5) is 14.6. The number of rotatable bonds is 11. The monoisotopic (exact) mass is 559 g/mol. The highest BCUT2D eigenvalue weighted by Crippen LogP contribution is 2.32. The molecule has 0 aliphatic carbocycles. The first-order chi connectivity index (χ1) is 19.2. The molecule has 1 aliphatic heterocycles. The van der Waals surface area contributed by atoms with E-state index in [1.807, 2.05) is 62.7 Å². The minimum atomic E-state index is -2.63. The van der Waals surface area contributed by atoms with Gasteiger partial charge in [0, 0.05) is 60.5 Å². The number of alkyl halides is 2. The van der Waals surface area contributed by atoms with Crippen molar-refractivity contribution in [2.75, 3.05) is 26.7 Å². The molecule has 2 N–H and O–H groups in total. The van der Waals surface area contributed by atoms with Gasteiger partial charge in [-0.3, -0.25) is 9.88 Å². The van der Waals surface area contributed by atoms with Gasteiger partial charge in [-0.15, -0.1) is 0 Å². The number of thiophene rings is 1. The van der Waals surface area contributed by atoms with Crippen LogP contribution < -0.4 is 5.32 Å². The number of hydrogen-bond acceptors (Lipinski definition) is 5. The largest absolute Gasteiger partial charge is 0.388 e. The Morgan fingerprint density at radius 2 is 2.02 bits per heavy atom. The van der Waals surface area contributed by atoms with Crippen molar-refractivity contribution in [3.8, 4) is 11.3 Å². The SMILES string of the molecule is C=C/C(=C\C(=C/C)C(=C)/C=C(C(=C)c1nc2c(-c3ccsc3)nccc2[nH]1)\C(=C/C)NC)CN1CCC(F)(F)C1. The van der Waals surface area contributed by atoms with Crippen LogP contribution in [0.25, 0.3) is 27.9 Å². The maximum Gasteiger partial charge on any atom is 0.261 e. The van der Waals surface area contributed by atoms with Crippen LogP contribution in [0.5, 0.6) is 0 Å². The minimum absolute atomic E-state index is 0.114. The molecule has 3 aromatic rings. The number of nitrogens with zero attached hydrogens (tertiary/aromatic N) is 3. The lowest BCUT2D eigenvalue weighted by Gasteiger charge is -2.17. The summed E-state index contributed by atoms with van der Waals surface area (Å²) < 4.78 is 27.4. The molecule has 0 amide bonds. The van der Waals surface area contributed by atoms with Gasteiger partial charge in [0.25, 0.3) is 5.92 Å². The molecule has 0 saturated carbocycles. The molecular weight excluding hydrogens is 524 g/mol. The highest BCUT2D eigenvalue weighted by Gasteiger charge is 2.37. The molecule has 0 bridgehead atoms. The number of allylic oxidation sites excluding steroid dienone is 7. The number of H-pyrrole nitrogens is 1. The van der Waals surface area contributed by atoms with E-state index in [4.69, 9.17) is 4.98 Å². The van der Waals surface area contributed by atoms with E-state index in [2.05, 4.69) is 40.4 Å². The van der Waals surface area contributed by atoms with Crippen LogP contribution in [0.2, 0.25) is 0 Å². The second-order valence-corrected chi connectivity index (χ2v) is 10.4. The number of halogens is 2. The number of pyridine rings is 1. The van der Waals surface area contributed by atoms with Gasteiger partial charge in [0.15, 0.2) is 0 Å². The Morgan fingerprint density at radius 1 is 1.23 bits per heavy atom. The molecule has 0 atom stereocenters. The summed E-state index contributed by atoms with van der Waals surface area (Å²) in [6.07, 6.45) is 11.2. The minimum Gasteiger partial charge on any atom is -0.388 e. The fourth-order valence-corrected chi connectivity index (χ4v) is 5.41. The van der Waals surface area contributed by atoms with Gasteiger partial charge in [0.2, 0.25) is 0 Å². The van der Waals surface area contributed by atoms with E-state index < -0.39 is 5.92 Å². The van der Waals surface area contributed by atoms with Crippen molar-refractivity contribution in [1.82, 2.24) is 25.2 Å². The lowest BCUT2D eigenvalue weighted by Crippen LogP contribution is -2.26. The fourth-order valence-electron chi connectivity index (χ4n) is 4.77. The van der Waals surface area contributed by atoms with Crippen LogP contribution >= 0.6 is 11.3 Å². The summed E-state index contributed by atoms with van der Waals surface area (Å²) in [6, 6.07) is 3.94. The van der Waals surface area contributed by atoms with Gasteiger partial charge < -0.3 is 10.3 Å². The lowest BCUT2D eigenvalue weighted by molar-refractivity contribution is 0.0131. The van der Waals surface area contributed by atoms with Crippen LogP contribution in [-0.2, 0) is 0 Å². The van der Waals surface area contributed by atoms with Crippen LogP contribution in [0.3, 0.4) is 0 Å². The molecular formula is C32H35F2N5S. The average Bonchev–Trinajstić information content (AvgIpc) is 3.70. The zero-order valence-corrected chi connectivity index (χ0v) is 24.0. The van der Waals surface area contributed by atoms with Gasteiger partial charge in [0.1, 0.15) is 11.3 Å². The number of fused-ring (bicyclic) bond motifs is 1. The zero-order chi connectivity index (χ0) is 28.9. The molecule has 0 aromatic carbocycles. The van der Waals surface area contributed by atoms with Crippen molar-refractivity contribution < 1.29 is 8.78 Å². The van der Waals surface area contributed by atoms with Gasteiger partial charge in [-0.2, -0.15) is 11.3 Å². The summed E-state index contributed by atoms with van der Waals surface area (Å²) >= 11 is 1.61. The molecule has 5 nitrogen and oxygen atoms in total. The lowest BCUT2D eigenvalue weighted by atomic mass is 9.96. The molecule has 0 unspecified atom stereocenters. The van der Waals surface area contributed by atoms with Crippen molar-refractivity contribution in [3.63, 3.8) is 0 Å². The Labute approximate surface area is 238 Å². The predicted molar refractivity (Wildman–Crippen MR) is 164 cm³/mol. The van der Waals surface area contributed by atoms with E-state index in [9.17, 15) is 8.78 Å². The average molecular weight is 560 g/mol. The molecule has 208 valence electrons. The molecule has 4 rings (SSSR count). The van der Waals surface area contributed by atoms with E-state index in [1.165, 1.54) is 0 Å². The molecule has 1 saturated heterocycles. The quantitative estimate of drug-likeness (QED) is 0.236. The first-order valence-corrected chi connectivity index (χ1v) is 14.1. The molecule has 40 heavy (non-hydrogen) atoms.